The van der Waals surface area contributed by atoms with Gasteiger partial charge in [-0.2, -0.15) is 5.10 Å². The molecule has 1 aliphatic heterocycles. The van der Waals surface area contributed by atoms with Crippen LogP contribution in [0.2, 0.25) is 0 Å². The van der Waals surface area contributed by atoms with Crippen LogP contribution in [0, 0.1) is 5.82 Å². The minimum Gasteiger partial charge on any atom is -0.358 e. The summed E-state index contributed by atoms with van der Waals surface area (Å²) in [7, 11) is 0. The van der Waals surface area contributed by atoms with E-state index in [2.05, 4.69) is 55.4 Å². The van der Waals surface area contributed by atoms with E-state index in [1.807, 2.05) is 37.3 Å². The molecule has 46 heavy (non-hydrogen) atoms. The van der Waals surface area contributed by atoms with E-state index >= 15 is 0 Å². The molecule has 1 aromatic carbocycles. The second-order valence-corrected chi connectivity index (χ2v) is 11.9. The number of imidazole rings is 1. The maximum absolute atomic E-state index is 14.9. The first kappa shape index (κ1) is 31.1. The first-order chi connectivity index (χ1) is 22.4. The van der Waals surface area contributed by atoms with Crippen LogP contribution in [-0.4, -0.2) is 54.7 Å². The van der Waals surface area contributed by atoms with Gasteiger partial charge < -0.3 is 15.2 Å². The zero-order chi connectivity index (χ0) is 32.0. The molecular formula is C37H41FN8. The number of hydrogen-bond donors (Lipinski definition) is 3. The number of pyridine rings is 2. The fourth-order valence-electron chi connectivity index (χ4n) is 6.12. The first-order valence-electron chi connectivity index (χ1n) is 16.1. The second-order valence-electron chi connectivity index (χ2n) is 11.9. The molecule has 1 saturated heterocycles. The fourth-order valence-corrected chi connectivity index (χ4v) is 6.12. The maximum atomic E-state index is 14.9. The molecule has 8 nitrogen and oxygen atoms in total. The van der Waals surface area contributed by atoms with Crippen LogP contribution >= 0.6 is 0 Å². The van der Waals surface area contributed by atoms with Crippen molar-refractivity contribution < 1.29 is 4.39 Å². The molecule has 1 fully saturated rings. The van der Waals surface area contributed by atoms with Crippen molar-refractivity contribution >= 4 is 34.4 Å². The van der Waals surface area contributed by atoms with E-state index in [0.29, 0.717) is 28.3 Å². The number of anilines is 1. The molecule has 1 aliphatic rings. The minimum absolute atomic E-state index is 0.266. The van der Waals surface area contributed by atoms with Crippen LogP contribution in [-0.2, 0) is 6.42 Å². The van der Waals surface area contributed by atoms with Crippen molar-refractivity contribution in [3.8, 4) is 22.8 Å². The van der Waals surface area contributed by atoms with Gasteiger partial charge in [0.05, 0.1) is 28.4 Å². The molecule has 9 heteroatoms. The summed E-state index contributed by atoms with van der Waals surface area (Å²) in [6.07, 6.45) is 15.5. The van der Waals surface area contributed by atoms with E-state index in [9.17, 15) is 4.39 Å². The van der Waals surface area contributed by atoms with E-state index in [1.54, 1.807) is 24.7 Å². The lowest BCUT2D eigenvalue weighted by Crippen LogP contribution is -2.23. The summed E-state index contributed by atoms with van der Waals surface area (Å²) in [6, 6.07) is 9.11. The molecule has 0 spiro atoms. The van der Waals surface area contributed by atoms with Crippen LogP contribution < -0.4 is 15.9 Å². The summed E-state index contributed by atoms with van der Waals surface area (Å²) in [5.74, 6) is 0.316. The standard InChI is InChI=1S/C37H41FN8/c1-5-10-25(4)41-30-21-28(22-39-23-30)24(3)17-31-32(6-2)44-45-35(31)37-42-33-12-13-40-34(36(33)43-37)27-18-26(19-29(38)20-27)11-9-16-46-14-7-8-15-46/h6,12-13,17-23,41,44H,3-5,7-11,14-16H2,1-2H3,(H,42,43)/b31-17+,32-6+. The molecule has 4 aromatic heterocycles. The predicted molar refractivity (Wildman–Crippen MR) is 186 cm³/mol. The number of fused-ring (bicyclic) bond motifs is 1. The Morgan fingerprint density at radius 2 is 1.96 bits per heavy atom. The average Bonchev–Trinajstić information content (AvgIpc) is 3.81. The third kappa shape index (κ3) is 7.00. The van der Waals surface area contributed by atoms with Crippen LogP contribution in [0.3, 0.4) is 0 Å². The molecule has 6 rings (SSSR count). The van der Waals surface area contributed by atoms with E-state index in [0.717, 1.165) is 76.4 Å². The summed E-state index contributed by atoms with van der Waals surface area (Å²) in [6.45, 7) is 15.9. The number of halogens is 1. The molecule has 0 amide bonds. The monoisotopic (exact) mass is 616 g/mol. The highest BCUT2D eigenvalue weighted by Crippen LogP contribution is 2.29. The van der Waals surface area contributed by atoms with Crippen molar-refractivity contribution in [2.45, 2.75) is 52.4 Å². The normalized spacial score (nSPS) is 14.4. The Bertz CT molecular complexity index is 2000. The highest BCUT2D eigenvalue weighted by molar-refractivity contribution is 5.92. The largest absolute Gasteiger partial charge is 0.358 e. The van der Waals surface area contributed by atoms with Gasteiger partial charge in [0.1, 0.15) is 17.0 Å². The Morgan fingerprint density at radius 3 is 2.76 bits per heavy atom. The van der Waals surface area contributed by atoms with Gasteiger partial charge in [0, 0.05) is 34.4 Å². The highest BCUT2D eigenvalue weighted by atomic mass is 19.1. The second kappa shape index (κ2) is 14.0. The van der Waals surface area contributed by atoms with Gasteiger partial charge in [0.15, 0.2) is 5.82 Å². The number of aryl methyl sites for hydroxylation is 1. The van der Waals surface area contributed by atoms with Gasteiger partial charge in [0.25, 0.3) is 0 Å². The Kier molecular flexibility index (Phi) is 9.49. The number of allylic oxidation sites excluding steroid dienone is 2. The van der Waals surface area contributed by atoms with Gasteiger partial charge in [-0.15, -0.1) is 0 Å². The van der Waals surface area contributed by atoms with Crippen molar-refractivity contribution in [2.24, 2.45) is 0 Å². The number of likely N-dealkylation sites (tertiary alicyclic amines) is 1. The van der Waals surface area contributed by atoms with E-state index in [-0.39, 0.29) is 5.82 Å². The molecule has 0 atom stereocenters. The lowest BCUT2D eigenvalue weighted by atomic mass is 10.0. The number of rotatable bonds is 12. The van der Waals surface area contributed by atoms with Crippen molar-refractivity contribution in [1.29, 1.82) is 0 Å². The number of H-pyrrole nitrogens is 2. The third-order valence-electron chi connectivity index (χ3n) is 8.42. The lowest BCUT2D eigenvalue weighted by Gasteiger charge is -2.14. The molecule has 5 heterocycles. The van der Waals surface area contributed by atoms with E-state index in [4.69, 9.17) is 4.98 Å². The van der Waals surface area contributed by atoms with E-state index < -0.39 is 0 Å². The summed E-state index contributed by atoms with van der Waals surface area (Å²) in [5.41, 5.74) is 7.89. The number of benzene rings is 1. The van der Waals surface area contributed by atoms with Crippen molar-refractivity contribution in [1.82, 2.24) is 35.0 Å². The molecule has 5 aromatic rings. The molecule has 0 aliphatic carbocycles. The maximum Gasteiger partial charge on any atom is 0.159 e. The fraction of sp³-hybridized carbons (Fsp3) is 0.297. The summed E-state index contributed by atoms with van der Waals surface area (Å²) < 4.78 is 14.9. The third-order valence-corrected chi connectivity index (χ3v) is 8.42. The molecule has 0 radical (unpaired) electrons. The van der Waals surface area contributed by atoms with Gasteiger partial charge in [0.2, 0.25) is 0 Å². The Labute approximate surface area is 268 Å². The van der Waals surface area contributed by atoms with Gasteiger partial charge in [-0.3, -0.25) is 15.1 Å². The molecule has 0 bridgehead atoms. The van der Waals surface area contributed by atoms with Crippen LogP contribution in [0.25, 0.3) is 51.5 Å². The van der Waals surface area contributed by atoms with Crippen LogP contribution in [0.1, 0.15) is 57.1 Å². The molecular weight excluding hydrogens is 575 g/mol. The number of nitrogens with zero attached hydrogens (tertiary/aromatic N) is 5. The summed E-state index contributed by atoms with van der Waals surface area (Å²) in [5, 5.41) is 12.8. The average molecular weight is 617 g/mol. The van der Waals surface area contributed by atoms with Crippen LogP contribution in [0.15, 0.2) is 67.8 Å². The quantitative estimate of drug-likeness (QED) is 0.146. The number of hydrogen-bond acceptors (Lipinski definition) is 6. The molecule has 3 N–H and O–H groups in total. The van der Waals surface area contributed by atoms with Gasteiger partial charge >= 0.3 is 0 Å². The van der Waals surface area contributed by atoms with Gasteiger partial charge in [-0.05, 0) is 106 Å². The Morgan fingerprint density at radius 1 is 1.11 bits per heavy atom. The van der Waals surface area contributed by atoms with Crippen molar-refractivity contribution in [2.75, 3.05) is 25.0 Å². The molecule has 236 valence electrons. The van der Waals surface area contributed by atoms with Crippen molar-refractivity contribution in [3.63, 3.8) is 0 Å². The van der Waals surface area contributed by atoms with E-state index in [1.165, 1.54) is 32.0 Å². The smallest absolute Gasteiger partial charge is 0.159 e. The van der Waals surface area contributed by atoms with Crippen LogP contribution in [0.5, 0.6) is 0 Å². The summed E-state index contributed by atoms with van der Waals surface area (Å²) >= 11 is 0. The first-order valence-corrected chi connectivity index (χ1v) is 16.1. The number of aromatic amines is 2. The summed E-state index contributed by atoms with van der Waals surface area (Å²) in [4.78, 5) is 19.9. The lowest BCUT2D eigenvalue weighted by molar-refractivity contribution is 0.334. The number of nitrogens with one attached hydrogen (secondary N) is 3. The van der Waals surface area contributed by atoms with Gasteiger partial charge in [-0.1, -0.05) is 32.6 Å². The SMILES string of the molecule is C=C(CCC)Nc1cncc(C(=C)/C=c2/c(-c3nc4c(-c5cc(F)cc(CCCN6CCCC6)c5)nccc4[nH]3)n[nH]/c2=C/C)c1. The van der Waals surface area contributed by atoms with Gasteiger partial charge in [-0.25, -0.2) is 9.37 Å². The highest BCUT2D eigenvalue weighted by Gasteiger charge is 2.17. The predicted octanol–water partition coefficient (Wildman–Crippen LogP) is 6.60. The van der Waals surface area contributed by atoms with Crippen molar-refractivity contribution in [3.05, 3.63) is 95.3 Å². The zero-order valence-corrected chi connectivity index (χ0v) is 26.7. The molecule has 0 saturated carbocycles. The minimum atomic E-state index is -0.266. The zero-order valence-electron chi connectivity index (χ0n) is 26.7. The molecule has 0 unspecified atom stereocenters. The Hall–Kier alpha value is -4.89. The Balaban J connectivity index is 1.31. The van der Waals surface area contributed by atoms with Crippen LogP contribution in [0.4, 0.5) is 10.1 Å². The number of aromatic nitrogens is 6. The topological polar surface area (TPSA) is 98.4 Å².